The molecule has 6 heteroatoms. The molecule has 28 heavy (non-hydrogen) atoms. The molecule has 1 fully saturated rings. The van der Waals surface area contributed by atoms with Gasteiger partial charge in [-0.05, 0) is 29.8 Å². The maximum absolute atomic E-state index is 13.9. The third-order valence-electron chi connectivity index (χ3n) is 4.58. The average Bonchev–Trinajstić information content (AvgIpc) is 3.00. The number of aliphatic hydroxyl groups excluding tert-OH is 1. The Balaban J connectivity index is 1.96. The van der Waals surface area contributed by atoms with Crippen molar-refractivity contribution in [3.05, 3.63) is 102 Å². The second-order valence-electron chi connectivity index (χ2n) is 6.30. The van der Waals surface area contributed by atoms with Crippen molar-refractivity contribution in [2.75, 3.05) is 4.90 Å². The van der Waals surface area contributed by atoms with Gasteiger partial charge in [0.05, 0.1) is 23.5 Å². The first-order valence-corrected chi connectivity index (χ1v) is 8.60. The number of hydrogen-bond acceptors (Lipinski definition) is 4. The molecule has 1 unspecified atom stereocenters. The minimum absolute atomic E-state index is 0.0920. The van der Waals surface area contributed by atoms with Gasteiger partial charge < -0.3 is 5.11 Å². The van der Waals surface area contributed by atoms with Crippen LogP contribution in [-0.2, 0) is 9.59 Å². The fraction of sp³-hybridized carbons (Fsp3) is 0.0455. The number of carbonyl (C=O) groups is 2. The van der Waals surface area contributed by atoms with Crippen LogP contribution in [0.2, 0.25) is 0 Å². The van der Waals surface area contributed by atoms with Crippen molar-refractivity contribution < 1.29 is 19.1 Å². The Morgan fingerprint density at radius 2 is 1.79 bits per heavy atom. The van der Waals surface area contributed by atoms with Crippen LogP contribution in [0.1, 0.15) is 17.2 Å². The summed E-state index contributed by atoms with van der Waals surface area (Å²) in [4.78, 5) is 30.9. The molecule has 0 saturated carbocycles. The molecule has 0 bridgehead atoms. The Hall–Kier alpha value is -3.80. The van der Waals surface area contributed by atoms with Gasteiger partial charge in [-0.25, -0.2) is 4.39 Å². The van der Waals surface area contributed by atoms with Gasteiger partial charge in [-0.15, -0.1) is 0 Å². The summed E-state index contributed by atoms with van der Waals surface area (Å²) in [5.41, 5.74) is 1.06. The van der Waals surface area contributed by atoms with E-state index in [1.165, 1.54) is 29.3 Å². The van der Waals surface area contributed by atoms with E-state index in [1.807, 2.05) is 0 Å². The zero-order valence-electron chi connectivity index (χ0n) is 14.6. The summed E-state index contributed by atoms with van der Waals surface area (Å²) < 4.78 is 13.9. The van der Waals surface area contributed by atoms with Crippen molar-refractivity contribution in [1.82, 2.24) is 4.98 Å². The highest BCUT2D eigenvalue weighted by Gasteiger charge is 2.47. The minimum atomic E-state index is -0.972. The van der Waals surface area contributed by atoms with Crippen LogP contribution in [0, 0.1) is 5.82 Å². The van der Waals surface area contributed by atoms with Gasteiger partial charge in [-0.3, -0.25) is 19.5 Å². The van der Waals surface area contributed by atoms with Crippen LogP contribution in [0.4, 0.5) is 10.1 Å². The molecule has 0 spiro atoms. The standard InChI is InChI=1S/C22H15FN2O3/c23-16-9-4-8-15(12-16)19-18(20(26)14-6-2-1-3-7-14)21(27)22(28)25(19)17-10-5-11-24-13-17/h1-13,19,26H/b20-18+. The Kier molecular flexibility index (Phi) is 4.45. The first-order valence-electron chi connectivity index (χ1n) is 8.60. The van der Waals surface area contributed by atoms with Crippen molar-refractivity contribution in [2.24, 2.45) is 0 Å². The molecule has 3 aromatic rings. The maximum atomic E-state index is 13.9. The lowest BCUT2D eigenvalue weighted by atomic mass is 9.95. The number of ketones is 1. The number of pyridine rings is 1. The summed E-state index contributed by atoms with van der Waals surface area (Å²) in [5, 5.41) is 10.8. The number of nitrogens with zero attached hydrogens (tertiary/aromatic N) is 2. The molecule has 1 atom stereocenters. The van der Waals surface area contributed by atoms with E-state index in [4.69, 9.17) is 0 Å². The van der Waals surface area contributed by atoms with Gasteiger partial charge in [0.15, 0.2) is 0 Å². The Labute approximate surface area is 160 Å². The normalized spacial score (nSPS) is 18.5. The van der Waals surface area contributed by atoms with Crippen molar-refractivity contribution in [2.45, 2.75) is 6.04 Å². The molecule has 2 aromatic carbocycles. The van der Waals surface area contributed by atoms with Gasteiger partial charge in [-0.1, -0.05) is 42.5 Å². The molecule has 1 amide bonds. The van der Waals surface area contributed by atoms with Crippen LogP contribution in [0.5, 0.6) is 0 Å². The lowest BCUT2D eigenvalue weighted by molar-refractivity contribution is -0.132. The predicted molar refractivity (Wildman–Crippen MR) is 102 cm³/mol. The minimum Gasteiger partial charge on any atom is -0.507 e. The molecule has 1 aliphatic rings. The Bertz CT molecular complexity index is 1080. The zero-order chi connectivity index (χ0) is 19.7. The zero-order valence-corrected chi connectivity index (χ0v) is 14.6. The highest BCUT2D eigenvalue weighted by molar-refractivity contribution is 6.51. The van der Waals surface area contributed by atoms with Gasteiger partial charge in [0.25, 0.3) is 11.7 Å². The number of rotatable bonds is 3. The quantitative estimate of drug-likeness (QED) is 0.430. The fourth-order valence-electron chi connectivity index (χ4n) is 3.34. The van der Waals surface area contributed by atoms with E-state index in [-0.39, 0.29) is 11.3 Å². The molecular formula is C22H15FN2O3. The molecule has 2 heterocycles. The Morgan fingerprint density at radius 3 is 2.46 bits per heavy atom. The van der Waals surface area contributed by atoms with Crippen LogP contribution in [-0.4, -0.2) is 21.8 Å². The van der Waals surface area contributed by atoms with E-state index in [9.17, 15) is 19.1 Å². The molecule has 1 N–H and O–H groups in total. The molecule has 138 valence electrons. The Morgan fingerprint density at radius 1 is 1.00 bits per heavy atom. The smallest absolute Gasteiger partial charge is 0.300 e. The van der Waals surface area contributed by atoms with Gasteiger partial charge in [0.1, 0.15) is 11.6 Å². The number of benzene rings is 2. The summed E-state index contributed by atoms with van der Waals surface area (Å²) in [6.45, 7) is 0. The highest BCUT2D eigenvalue weighted by atomic mass is 19.1. The molecule has 1 aliphatic heterocycles. The number of carbonyl (C=O) groups excluding carboxylic acids is 2. The molecule has 0 radical (unpaired) electrons. The molecule has 5 nitrogen and oxygen atoms in total. The van der Waals surface area contributed by atoms with Crippen molar-refractivity contribution in [3.8, 4) is 0 Å². The number of Topliss-reactive ketones (excluding diaryl/α,β-unsaturated/α-hetero) is 1. The third kappa shape index (κ3) is 2.95. The highest BCUT2D eigenvalue weighted by Crippen LogP contribution is 2.41. The van der Waals surface area contributed by atoms with E-state index in [0.717, 1.165) is 0 Å². The third-order valence-corrected chi connectivity index (χ3v) is 4.58. The number of amides is 1. The topological polar surface area (TPSA) is 70.5 Å². The molecule has 0 aliphatic carbocycles. The van der Waals surface area contributed by atoms with Gasteiger partial charge in [-0.2, -0.15) is 0 Å². The predicted octanol–water partition coefficient (Wildman–Crippen LogP) is 3.85. The van der Waals surface area contributed by atoms with Crippen molar-refractivity contribution in [1.29, 1.82) is 0 Å². The van der Waals surface area contributed by atoms with Gasteiger partial charge in [0.2, 0.25) is 0 Å². The molecule has 1 saturated heterocycles. The van der Waals surface area contributed by atoms with E-state index >= 15 is 0 Å². The summed E-state index contributed by atoms with van der Waals surface area (Å²) >= 11 is 0. The maximum Gasteiger partial charge on any atom is 0.300 e. The average molecular weight is 374 g/mol. The largest absolute Gasteiger partial charge is 0.507 e. The lowest BCUT2D eigenvalue weighted by Crippen LogP contribution is -2.29. The first-order chi connectivity index (χ1) is 13.6. The second-order valence-corrected chi connectivity index (χ2v) is 6.30. The van der Waals surface area contributed by atoms with E-state index < -0.39 is 23.5 Å². The van der Waals surface area contributed by atoms with Crippen LogP contribution in [0.3, 0.4) is 0 Å². The molecule has 1 aromatic heterocycles. The van der Waals surface area contributed by atoms with Crippen molar-refractivity contribution in [3.63, 3.8) is 0 Å². The van der Waals surface area contributed by atoms with Crippen molar-refractivity contribution >= 4 is 23.1 Å². The summed E-state index contributed by atoms with van der Waals surface area (Å²) in [6.07, 6.45) is 2.99. The van der Waals surface area contributed by atoms with Crippen LogP contribution in [0.15, 0.2) is 84.7 Å². The monoisotopic (exact) mass is 374 g/mol. The second kappa shape index (κ2) is 7.08. The van der Waals surface area contributed by atoms with Crippen LogP contribution < -0.4 is 4.90 Å². The number of aliphatic hydroxyl groups is 1. The number of anilines is 1. The fourth-order valence-corrected chi connectivity index (χ4v) is 3.34. The number of halogens is 1. The number of hydrogen-bond donors (Lipinski definition) is 1. The summed E-state index contributed by atoms with van der Waals surface area (Å²) in [5.74, 6) is -2.45. The summed E-state index contributed by atoms with van der Waals surface area (Å²) in [6, 6.07) is 16.4. The lowest BCUT2D eigenvalue weighted by Gasteiger charge is -2.25. The van der Waals surface area contributed by atoms with Crippen LogP contribution in [0.25, 0.3) is 5.76 Å². The van der Waals surface area contributed by atoms with Gasteiger partial charge >= 0.3 is 0 Å². The van der Waals surface area contributed by atoms with E-state index in [0.29, 0.717) is 16.8 Å². The number of aromatic nitrogens is 1. The van der Waals surface area contributed by atoms with Crippen LogP contribution >= 0.6 is 0 Å². The SMILES string of the molecule is O=C1C(=O)N(c2cccnc2)C(c2cccc(F)c2)/C1=C(\O)c1ccccc1. The summed E-state index contributed by atoms with van der Waals surface area (Å²) in [7, 11) is 0. The molecule has 4 rings (SSSR count). The molecular weight excluding hydrogens is 359 g/mol. The van der Waals surface area contributed by atoms with E-state index in [2.05, 4.69) is 4.98 Å². The first kappa shape index (κ1) is 17.6. The van der Waals surface area contributed by atoms with E-state index in [1.54, 1.807) is 54.7 Å². The van der Waals surface area contributed by atoms with Gasteiger partial charge in [0, 0.05) is 11.8 Å².